The van der Waals surface area contributed by atoms with Gasteiger partial charge < -0.3 is 5.11 Å². The topological polar surface area (TPSA) is 20.2 Å². The molecule has 0 saturated carbocycles. The van der Waals surface area contributed by atoms with Gasteiger partial charge in [0.05, 0.1) is 6.10 Å². The molecule has 0 saturated heterocycles. The largest absolute Gasteiger partial charge is 0.389 e. The molecule has 0 aliphatic heterocycles. The lowest BCUT2D eigenvalue weighted by Crippen LogP contribution is -1.89. The molecule has 1 N–H and O–H groups in total. The van der Waals surface area contributed by atoms with Gasteiger partial charge in [0.25, 0.3) is 0 Å². The van der Waals surface area contributed by atoms with Crippen molar-refractivity contribution < 1.29 is 5.11 Å². The molecule has 0 fully saturated rings. The summed E-state index contributed by atoms with van der Waals surface area (Å²) in [5, 5.41) is 9.83. The van der Waals surface area contributed by atoms with E-state index >= 15 is 0 Å². The zero-order chi connectivity index (χ0) is 8.43. The number of aliphatic hydroxyl groups is 1. The first-order chi connectivity index (χ1) is 5.09. The van der Waals surface area contributed by atoms with Crippen LogP contribution in [-0.2, 0) is 0 Å². The maximum atomic E-state index is 9.19. The van der Waals surface area contributed by atoms with Crippen molar-refractivity contribution in [2.45, 2.75) is 13.0 Å². The molecular formula is C8H8BrClO. The number of aliphatic hydroxyl groups excluding tert-OH is 1. The van der Waals surface area contributed by atoms with E-state index in [2.05, 4.69) is 15.9 Å². The highest BCUT2D eigenvalue weighted by Gasteiger charge is 2.02. The summed E-state index contributed by atoms with van der Waals surface area (Å²) in [7, 11) is 0. The Morgan fingerprint density at radius 1 is 1.45 bits per heavy atom. The van der Waals surface area contributed by atoms with Crippen LogP contribution in [0.25, 0.3) is 0 Å². The van der Waals surface area contributed by atoms with Gasteiger partial charge in [0.2, 0.25) is 0 Å². The second-order valence-corrected chi connectivity index (χ2v) is 3.73. The Labute approximate surface area is 79.1 Å². The number of halogens is 2. The van der Waals surface area contributed by atoms with E-state index in [-0.39, 0.29) is 0 Å². The van der Waals surface area contributed by atoms with E-state index in [1.54, 1.807) is 19.1 Å². The molecule has 0 radical (unpaired) electrons. The zero-order valence-corrected chi connectivity index (χ0v) is 8.35. The molecule has 0 heterocycles. The predicted molar refractivity (Wildman–Crippen MR) is 49.8 cm³/mol. The van der Waals surface area contributed by atoms with E-state index in [9.17, 15) is 5.11 Å². The summed E-state index contributed by atoms with van der Waals surface area (Å²) in [6.45, 7) is 1.71. The molecule has 1 aromatic rings. The van der Waals surface area contributed by atoms with Crippen molar-refractivity contribution in [1.82, 2.24) is 0 Å². The Morgan fingerprint density at radius 3 is 2.55 bits per heavy atom. The first-order valence-electron chi connectivity index (χ1n) is 3.23. The number of hydrogen-bond donors (Lipinski definition) is 1. The molecule has 0 bridgehead atoms. The van der Waals surface area contributed by atoms with Gasteiger partial charge in [-0.25, -0.2) is 0 Å². The van der Waals surface area contributed by atoms with Gasteiger partial charge in [-0.15, -0.1) is 0 Å². The molecule has 1 atom stereocenters. The van der Waals surface area contributed by atoms with Gasteiger partial charge in [-0.05, 0) is 30.7 Å². The molecule has 0 aliphatic rings. The van der Waals surface area contributed by atoms with Gasteiger partial charge in [0.15, 0.2) is 0 Å². The standard InChI is InChI=1S/C8H8BrClO/c1-5(11)6-2-7(9)4-8(10)3-6/h2-5,11H,1H3. The van der Waals surface area contributed by atoms with Gasteiger partial charge in [0.1, 0.15) is 0 Å². The smallest absolute Gasteiger partial charge is 0.0762 e. The monoisotopic (exact) mass is 234 g/mol. The van der Waals surface area contributed by atoms with Gasteiger partial charge in [-0.2, -0.15) is 0 Å². The van der Waals surface area contributed by atoms with Crippen LogP contribution in [0, 0.1) is 0 Å². The van der Waals surface area contributed by atoms with E-state index in [1.165, 1.54) is 0 Å². The zero-order valence-electron chi connectivity index (χ0n) is 6.01. The van der Waals surface area contributed by atoms with Crippen LogP contribution in [0.15, 0.2) is 22.7 Å². The Bertz CT molecular complexity index is 240. The molecule has 1 nitrogen and oxygen atoms in total. The molecule has 3 heteroatoms. The van der Waals surface area contributed by atoms with E-state index in [4.69, 9.17) is 11.6 Å². The van der Waals surface area contributed by atoms with Crippen LogP contribution >= 0.6 is 27.5 Å². The van der Waals surface area contributed by atoms with Gasteiger partial charge in [0, 0.05) is 9.50 Å². The summed E-state index contributed by atoms with van der Waals surface area (Å²) in [6.07, 6.45) is -0.468. The first-order valence-corrected chi connectivity index (χ1v) is 4.41. The van der Waals surface area contributed by atoms with E-state index in [0.29, 0.717) is 5.02 Å². The predicted octanol–water partition coefficient (Wildman–Crippen LogP) is 3.16. The fourth-order valence-electron chi connectivity index (χ4n) is 0.816. The van der Waals surface area contributed by atoms with Gasteiger partial charge >= 0.3 is 0 Å². The van der Waals surface area contributed by atoms with Crippen molar-refractivity contribution in [3.05, 3.63) is 33.3 Å². The highest BCUT2D eigenvalue weighted by Crippen LogP contribution is 2.23. The van der Waals surface area contributed by atoms with E-state index in [1.807, 2.05) is 6.07 Å². The maximum Gasteiger partial charge on any atom is 0.0762 e. The summed E-state index contributed by atoms with van der Waals surface area (Å²) in [5.74, 6) is 0. The van der Waals surface area contributed by atoms with Crippen molar-refractivity contribution in [3.63, 3.8) is 0 Å². The molecule has 11 heavy (non-hydrogen) atoms. The Hall–Kier alpha value is -0.0500. The Kier molecular flexibility index (Phi) is 2.93. The summed E-state index contributed by atoms with van der Waals surface area (Å²) in [5.41, 5.74) is 0.823. The minimum absolute atomic E-state index is 0.468. The second kappa shape index (κ2) is 3.57. The molecular weight excluding hydrogens is 227 g/mol. The Balaban J connectivity index is 3.08. The van der Waals surface area contributed by atoms with Crippen molar-refractivity contribution in [2.75, 3.05) is 0 Å². The Morgan fingerprint density at radius 2 is 2.09 bits per heavy atom. The first kappa shape index (κ1) is 9.04. The quantitative estimate of drug-likeness (QED) is 0.793. The fraction of sp³-hybridized carbons (Fsp3) is 0.250. The lowest BCUT2D eigenvalue weighted by Gasteiger charge is -2.04. The minimum Gasteiger partial charge on any atom is -0.389 e. The average molecular weight is 236 g/mol. The number of hydrogen-bond acceptors (Lipinski definition) is 1. The molecule has 1 rings (SSSR count). The lowest BCUT2D eigenvalue weighted by molar-refractivity contribution is 0.199. The van der Waals surface area contributed by atoms with Crippen LogP contribution in [0.5, 0.6) is 0 Å². The normalized spacial score (nSPS) is 13.1. The molecule has 1 unspecified atom stereocenters. The van der Waals surface area contributed by atoms with Gasteiger partial charge in [-0.1, -0.05) is 27.5 Å². The molecule has 60 valence electrons. The van der Waals surface area contributed by atoms with E-state index in [0.717, 1.165) is 10.0 Å². The third-order valence-corrected chi connectivity index (χ3v) is 2.04. The van der Waals surface area contributed by atoms with Crippen LogP contribution < -0.4 is 0 Å². The molecule has 0 amide bonds. The highest BCUT2D eigenvalue weighted by molar-refractivity contribution is 9.10. The van der Waals surface area contributed by atoms with Crippen molar-refractivity contribution >= 4 is 27.5 Å². The van der Waals surface area contributed by atoms with Crippen LogP contribution in [-0.4, -0.2) is 5.11 Å². The average Bonchev–Trinajstić information content (AvgIpc) is 1.85. The fourth-order valence-corrected chi connectivity index (χ4v) is 1.70. The van der Waals surface area contributed by atoms with E-state index < -0.39 is 6.10 Å². The summed E-state index contributed by atoms with van der Waals surface area (Å²) < 4.78 is 0.890. The third-order valence-electron chi connectivity index (χ3n) is 1.37. The van der Waals surface area contributed by atoms with Crippen molar-refractivity contribution in [2.24, 2.45) is 0 Å². The maximum absolute atomic E-state index is 9.19. The highest BCUT2D eigenvalue weighted by atomic mass is 79.9. The third kappa shape index (κ3) is 2.47. The molecule has 0 spiro atoms. The SMILES string of the molecule is CC(O)c1cc(Cl)cc(Br)c1. The van der Waals surface area contributed by atoms with Crippen LogP contribution in [0.3, 0.4) is 0 Å². The molecule has 0 aromatic heterocycles. The van der Waals surface area contributed by atoms with Crippen LogP contribution in [0.4, 0.5) is 0 Å². The molecule has 1 aromatic carbocycles. The summed E-state index contributed by atoms with van der Waals surface area (Å²) in [6, 6.07) is 5.38. The lowest BCUT2D eigenvalue weighted by atomic mass is 10.1. The molecule has 0 aliphatic carbocycles. The minimum atomic E-state index is -0.468. The van der Waals surface area contributed by atoms with Crippen LogP contribution in [0.2, 0.25) is 5.02 Å². The van der Waals surface area contributed by atoms with Gasteiger partial charge in [-0.3, -0.25) is 0 Å². The number of benzene rings is 1. The number of rotatable bonds is 1. The summed E-state index contributed by atoms with van der Waals surface area (Å²) >= 11 is 9.04. The second-order valence-electron chi connectivity index (χ2n) is 2.38. The van der Waals surface area contributed by atoms with Crippen molar-refractivity contribution in [3.8, 4) is 0 Å². The van der Waals surface area contributed by atoms with Crippen LogP contribution in [0.1, 0.15) is 18.6 Å². The summed E-state index contributed by atoms with van der Waals surface area (Å²) in [4.78, 5) is 0. The van der Waals surface area contributed by atoms with Crippen molar-refractivity contribution in [1.29, 1.82) is 0 Å².